The minimum absolute atomic E-state index is 0.0455. The molecule has 1 atom stereocenters. The minimum atomic E-state index is -4.25. The molecule has 120 valence electrons. The topological polar surface area (TPSA) is 118 Å². The summed E-state index contributed by atoms with van der Waals surface area (Å²) in [4.78, 5) is 21.4. The molecule has 0 spiro atoms. The molecule has 1 heterocycles. The van der Waals surface area contributed by atoms with Gasteiger partial charge in [-0.1, -0.05) is 12.1 Å². The summed E-state index contributed by atoms with van der Waals surface area (Å²) in [6, 6.07) is 1.79. The van der Waals surface area contributed by atoms with Crippen LogP contribution < -0.4 is 0 Å². The van der Waals surface area contributed by atoms with Crippen LogP contribution in [0, 0.1) is 24.0 Å². The molecule has 1 saturated heterocycles. The molecule has 1 aromatic carbocycles. The standard InChI is InChI=1S/C13H16N2O6S/c1-8-5-6-9(2)12(11(8)15(18)19)22(20,21)14-7-3-4-10(14)13(16)17/h5-6,10H,3-4,7H2,1-2H3,(H,16,17)/t10-/m1/s1. The summed E-state index contributed by atoms with van der Waals surface area (Å²) in [5.41, 5.74) is -0.0374. The Labute approximate surface area is 127 Å². The van der Waals surface area contributed by atoms with Crippen molar-refractivity contribution in [3.63, 3.8) is 0 Å². The first-order valence-electron chi connectivity index (χ1n) is 6.67. The average Bonchev–Trinajstić information content (AvgIpc) is 2.90. The second kappa shape index (κ2) is 5.65. The number of hydrogen-bond donors (Lipinski definition) is 1. The van der Waals surface area contributed by atoms with E-state index in [4.69, 9.17) is 5.11 Å². The van der Waals surface area contributed by atoms with Crippen LogP contribution in [0.1, 0.15) is 24.0 Å². The van der Waals surface area contributed by atoms with E-state index in [1.807, 2.05) is 0 Å². The highest BCUT2D eigenvalue weighted by Crippen LogP contribution is 2.35. The molecule has 2 rings (SSSR count). The Bertz CT molecular complexity index is 743. The number of sulfonamides is 1. The van der Waals surface area contributed by atoms with E-state index in [-0.39, 0.29) is 24.1 Å². The van der Waals surface area contributed by atoms with Crippen molar-refractivity contribution in [2.45, 2.75) is 37.6 Å². The molecule has 0 unspecified atom stereocenters. The van der Waals surface area contributed by atoms with E-state index in [9.17, 15) is 23.3 Å². The highest BCUT2D eigenvalue weighted by atomic mass is 32.2. The van der Waals surface area contributed by atoms with Crippen LogP contribution in [-0.4, -0.2) is 41.3 Å². The third kappa shape index (κ3) is 2.57. The van der Waals surface area contributed by atoms with Gasteiger partial charge in [-0.2, -0.15) is 4.31 Å². The van der Waals surface area contributed by atoms with Gasteiger partial charge in [0.1, 0.15) is 6.04 Å². The molecule has 0 saturated carbocycles. The predicted octanol–water partition coefficient (Wildman–Crippen LogP) is 1.45. The Kier molecular flexibility index (Phi) is 4.21. The van der Waals surface area contributed by atoms with Gasteiger partial charge >= 0.3 is 5.97 Å². The number of benzene rings is 1. The van der Waals surface area contributed by atoms with E-state index in [0.29, 0.717) is 6.42 Å². The fraction of sp³-hybridized carbons (Fsp3) is 0.462. The zero-order valence-corrected chi connectivity index (χ0v) is 13.0. The first-order valence-corrected chi connectivity index (χ1v) is 8.11. The van der Waals surface area contributed by atoms with Crippen LogP contribution in [0.5, 0.6) is 0 Å². The normalized spacial score (nSPS) is 19.3. The number of aryl methyl sites for hydroxylation is 2. The molecular weight excluding hydrogens is 312 g/mol. The van der Waals surface area contributed by atoms with Gasteiger partial charge < -0.3 is 5.11 Å². The van der Waals surface area contributed by atoms with Crippen molar-refractivity contribution >= 4 is 21.7 Å². The molecule has 9 heteroatoms. The fourth-order valence-corrected chi connectivity index (χ4v) is 4.80. The van der Waals surface area contributed by atoms with Gasteiger partial charge in [0.25, 0.3) is 15.7 Å². The number of aliphatic carboxylic acids is 1. The molecule has 1 fully saturated rings. The molecule has 1 N–H and O–H groups in total. The lowest BCUT2D eigenvalue weighted by Gasteiger charge is -2.22. The molecule has 1 aromatic rings. The Morgan fingerprint density at radius 2 is 1.95 bits per heavy atom. The Morgan fingerprint density at radius 3 is 2.50 bits per heavy atom. The third-order valence-corrected chi connectivity index (χ3v) is 5.85. The van der Waals surface area contributed by atoms with Crippen LogP contribution >= 0.6 is 0 Å². The lowest BCUT2D eigenvalue weighted by Crippen LogP contribution is -2.40. The Balaban J connectivity index is 2.67. The number of carboxylic acids is 1. The molecule has 0 aromatic heterocycles. The molecule has 0 amide bonds. The maximum absolute atomic E-state index is 12.8. The smallest absolute Gasteiger partial charge is 0.322 e. The number of nitro groups is 1. The van der Waals surface area contributed by atoms with Gasteiger partial charge in [-0.15, -0.1) is 0 Å². The van der Waals surface area contributed by atoms with Gasteiger partial charge in [0.2, 0.25) is 0 Å². The predicted molar refractivity (Wildman–Crippen MR) is 77.1 cm³/mol. The van der Waals surface area contributed by atoms with Crippen molar-refractivity contribution in [1.29, 1.82) is 0 Å². The highest BCUT2D eigenvalue weighted by molar-refractivity contribution is 7.89. The second-order valence-electron chi connectivity index (χ2n) is 5.25. The number of carboxylic acid groups (broad SMARTS) is 1. The largest absolute Gasteiger partial charge is 0.480 e. The molecule has 0 radical (unpaired) electrons. The number of carbonyl (C=O) groups is 1. The third-order valence-electron chi connectivity index (χ3n) is 3.77. The lowest BCUT2D eigenvalue weighted by atomic mass is 10.1. The van der Waals surface area contributed by atoms with Gasteiger partial charge in [-0.25, -0.2) is 8.42 Å². The van der Waals surface area contributed by atoms with Crippen LogP contribution in [0.3, 0.4) is 0 Å². The van der Waals surface area contributed by atoms with E-state index in [0.717, 1.165) is 4.31 Å². The SMILES string of the molecule is Cc1ccc(C)c(S(=O)(=O)N2CCC[C@@H]2C(=O)O)c1[N+](=O)[O-]. The molecule has 8 nitrogen and oxygen atoms in total. The Hall–Kier alpha value is -2.00. The number of nitro benzene ring substituents is 1. The molecule has 1 aliphatic heterocycles. The van der Waals surface area contributed by atoms with Gasteiger partial charge in [-0.05, 0) is 32.3 Å². The van der Waals surface area contributed by atoms with E-state index in [1.165, 1.54) is 26.0 Å². The van der Waals surface area contributed by atoms with E-state index in [2.05, 4.69) is 0 Å². The van der Waals surface area contributed by atoms with Gasteiger partial charge in [0.05, 0.1) is 4.92 Å². The number of nitrogens with zero attached hydrogens (tertiary/aromatic N) is 2. The van der Waals surface area contributed by atoms with Crippen molar-refractivity contribution < 1.29 is 23.2 Å². The lowest BCUT2D eigenvalue weighted by molar-refractivity contribution is -0.388. The van der Waals surface area contributed by atoms with Crippen molar-refractivity contribution in [3.8, 4) is 0 Å². The molecule has 1 aliphatic rings. The van der Waals surface area contributed by atoms with Crippen LogP contribution in [0.4, 0.5) is 5.69 Å². The first-order chi connectivity index (χ1) is 10.2. The highest BCUT2D eigenvalue weighted by Gasteiger charge is 2.43. The number of hydrogen-bond acceptors (Lipinski definition) is 5. The number of rotatable bonds is 4. The van der Waals surface area contributed by atoms with Crippen molar-refractivity contribution in [3.05, 3.63) is 33.4 Å². The summed E-state index contributed by atoms with van der Waals surface area (Å²) in [6.45, 7) is 2.96. The van der Waals surface area contributed by atoms with E-state index >= 15 is 0 Å². The monoisotopic (exact) mass is 328 g/mol. The van der Waals surface area contributed by atoms with Crippen molar-refractivity contribution in [2.75, 3.05) is 6.54 Å². The average molecular weight is 328 g/mol. The summed E-state index contributed by atoms with van der Waals surface area (Å²) in [5.74, 6) is -1.24. The van der Waals surface area contributed by atoms with E-state index in [1.54, 1.807) is 0 Å². The minimum Gasteiger partial charge on any atom is -0.480 e. The van der Waals surface area contributed by atoms with Crippen LogP contribution in [0.2, 0.25) is 0 Å². The maximum Gasteiger partial charge on any atom is 0.322 e. The van der Waals surface area contributed by atoms with E-state index < -0.39 is 37.5 Å². The maximum atomic E-state index is 12.8. The van der Waals surface area contributed by atoms with Crippen molar-refractivity contribution in [2.24, 2.45) is 0 Å². The molecule has 0 bridgehead atoms. The zero-order valence-electron chi connectivity index (χ0n) is 12.1. The van der Waals surface area contributed by atoms with Crippen LogP contribution in [0.25, 0.3) is 0 Å². The van der Waals surface area contributed by atoms with Gasteiger partial charge in [-0.3, -0.25) is 14.9 Å². The fourth-order valence-electron chi connectivity index (χ4n) is 2.71. The summed E-state index contributed by atoms with van der Waals surface area (Å²) < 4.78 is 26.5. The first kappa shape index (κ1) is 16.4. The van der Waals surface area contributed by atoms with Gasteiger partial charge in [0, 0.05) is 12.1 Å². The summed E-state index contributed by atoms with van der Waals surface area (Å²) in [5, 5.41) is 20.4. The van der Waals surface area contributed by atoms with Crippen LogP contribution in [-0.2, 0) is 14.8 Å². The molecule has 0 aliphatic carbocycles. The summed E-state index contributed by atoms with van der Waals surface area (Å²) in [6.07, 6.45) is 0.613. The zero-order chi connectivity index (χ0) is 16.7. The quantitative estimate of drug-likeness (QED) is 0.660. The summed E-state index contributed by atoms with van der Waals surface area (Å²) in [7, 11) is -4.25. The summed E-state index contributed by atoms with van der Waals surface area (Å²) >= 11 is 0. The van der Waals surface area contributed by atoms with Crippen LogP contribution in [0.15, 0.2) is 17.0 Å². The van der Waals surface area contributed by atoms with Gasteiger partial charge in [0.15, 0.2) is 4.90 Å². The molecular formula is C13H16N2O6S. The molecule has 22 heavy (non-hydrogen) atoms. The second-order valence-corrected chi connectivity index (χ2v) is 7.07. The van der Waals surface area contributed by atoms with Crippen molar-refractivity contribution in [1.82, 2.24) is 4.31 Å². The Morgan fingerprint density at radius 1 is 1.36 bits per heavy atom.